The minimum atomic E-state index is 0.177. The van der Waals surface area contributed by atoms with Gasteiger partial charge in [-0.15, -0.1) is 0 Å². The van der Waals surface area contributed by atoms with Crippen LogP contribution in [0.1, 0.15) is 55.8 Å². The molecule has 0 spiro atoms. The highest BCUT2D eigenvalue weighted by Gasteiger charge is 2.20. The zero-order chi connectivity index (χ0) is 18.6. The van der Waals surface area contributed by atoms with E-state index in [-0.39, 0.29) is 6.10 Å². The van der Waals surface area contributed by atoms with Gasteiger partial charge in [-0.25, -0.2) is 0 Å². The molecular formula is C22H27N3O2. The average molecular weight is 365 g/mol. The maximum absolute atomic E-state index is 11.3. The van der Waals surface area contributed by atoms with Crippen molar-refractivity contribution in [2.24, 2.45) is 0 Å². The lowest BCUT2D eigenvalue weighted by atomic mass is 9.97. The largest absolute Gasteiger partial charge is 0.366 e. The van der Waals surface area contributed by atoms with Crippen LogP contribution in [0.3, 0.4) is 0 Å². The van der Waals surface area contributed by atoms with Crippen molar-refractivity contribution in [2.75, 3.05) is 19.7 Å². The van der Waals surface area contributed by atoms with Crippen molar-refractivity contribution in [3.05, 3.63) is 29.5 Å². The van der Waals surface area contributed by atoms with Crippen molar-refractivity contribution in [2.45, 2.75) is 57.6 Å². The zero-order valence-electron chi connectivity index (χ0n) is 16.0. The van der Waals surface area contributed by atoms with Gasteiger partial charge in [-0.05, 0) is 51.3 Å². The molecule has 27 heavy (non-hydrogen) atoms. The lowest BCUT2D eigenvalue weighted by Crippen LogP contribution is -2.32. The maximum Gasteiger partial charge on any atom is 0.133 e. The van der Waals surface area contributed by atoms with Gasteiger partial charge in [0, 0.05) is 30.3 Å². The van der Waals surface area contributed by atoms with Crippen LogP contribution in [0.2, 0.25) is 0 Å². The van der Waals surface area contributed by atoms with Crippen molar-refractivity contribution in [1.82, 2.24) is 15.1 Å². The lowest BCUT2D eigenvalue weighted by Gasteiger charge is -2.23. The van der Waals surface area contributed by atoms with Crippen LogP contribution < -0.4 is 5.32 Å². The van der Waals surface area contributed by atoms with E-state index in [0.717, 1.165) is 49.0 Å². The van der Waals surface area contributed by atoms with E-state index in [0.29, 0.717) is 31.3 Å². The third kappa shape index (κ3) is 4.07. The summed E-state index contributed by atoms with van der Waals surface area (Å²) in [6.45, 7) is 4.55. The van der Waals surface area contributed by atoms with Gasteiger partial charge in [-0.1, -0.05) is 17.9 Å². The van der Waals surface area contributed by atoms with Crippen molar-refractivity contribution in [1.29, 1.82) is 0 Å². The first-order valence-electron chi connectivity index (χ1n) is 10.0. The summed E-state index contributed by atoms with van der Waals surface area (Å²) in [4.78, 5) is 11.3. The van der Waals surface area contributed by atoms with Gasteiger partial charge in [0.1, 0.15) is 12.4 Å². The number of fused-ring (bicyclic) bond motifs is 1. The van der Waals surface area contributed by atoms with Crippen LogP contribution in [-0.2, 0) is 9.53 Å². The van der Waals surface area contributed by atoms with E-state index in [1.807, 2.05) is 0 Å². The molecule has 5 heteroatoms. The van der Waals surface area contributed by atoms with E-state index < -0.39 is 0 Å². The summed E-state index contributed by atoms with van der Waals surface area (Å²) in [6, 6.07) is 6.68. The summed E-state index contributed by atoms with van der Waals surface area (Å²) in [5, 5.41) is 9.45. The number of benzene rings is 1. The van der Waals surface area contributed by atoms with E-state index in [2.05, 4.69) is 47.0 Å². The Morgan fingerprint density at radius 2 is 2.15 bits per heavy atom. The van der Waals surface area contributed by atoms with E-state index in [1.165, 1.54) is 11.9 Å². The number of aromatic nitrogens is 2. The molecule has 2 aromatic rings. The topological polar surface area (TPSA) is 56.1 Å². The second kappa shape index (κ2) is 8.24. The highest BCUT2D eigenvalue weighted by atomic mass is 16.5. The number of ether oxygens (including phenoxy) is 1. The molecular weight excluding hydrogens is 338 g/mol. The number of carbonyl (C=O) groups is 1. The van der Waals surface area contributed by atoms with Gasteiger partial charge in [0.2, 0.25) is 0 Å². The smallest absolute Gasteiger partial charge is 0.133 e. The summed E-state index contributed by atoms with van der Waals surface area (Å²) in [5.74, 6) is 6.80. The minimum absolute atomic E-state index is 0.177. The van der Waals surface area contributed by atoms with Gasteiger partial charge in [0.05, 0.1) is 23.4 Å². The molecule has 2 fully saturated rings. The molecule has 0 bridgehead atoms. The Bertz CT molecular complexity index is 874. The molecule has 0 amide bonds. The number of nitrogens with one attached hydrogen (secondary N) is 1. The van der Waals surface area contributed by atoms with Crippen LogP contribution in [0.15, 0.2) is 18.2 Å². The summed E-state index contributed by atoms with van der Waals surface area (Å²) < 4.78 is 8.02. The Balaban J connectivity index is 1.49. The lowest BCUT2D eigenvalue weighted by molar-refractivity contribution is -0.122. The SMILES string of the molecule is Cc1nn(C2CCCNC2)c2cccc(C#CCOC3CCC(=O)CC3)c12. The molecule has 1 aliphatic carbocycles. The Hall–Kier alpha value is -2.16. The van der Waals surface area contributed by atoms with Gasteiger partial charge in [0.15, 0.2) is 0 Å². The number of nitrogens with zero attached hydrogens (tertiary/aromatic N) is 2. The third-order valence-electron chi connectivity index (χ3n) is 5.63. The number of aryl methyl sites for hydroxylation is 1. The average Bonchev–Trinajstić information content (AvgIpc) is 3.05. The van der Waals surface area contributed by atoms with Crippen molar-refractivity contribution < 1.29 is 9.53 Å². The highest BCUT2D eigenvalue weighted by Crippen LogP contribution is 2.27. The second-order valence-electron chi connectivity index (χ2n) is 7.58. The van der Waals surface area contributed by atoms with Crippen LogP contribution in [0.4, 0.5) is 0 Å². The van der Waals surface area contributed by atoms with Crippen LogP contribution in [0.25, 0.3) is 10.9 Å². The Kier molecular flexibility index (Phi) is 5.56. The molecule has 5 nitrogen and oxygen atoms in total. The van der Waals surface area contributed by atoms with E-state index in [9.17, 15) is 4.79 Å². The summed E-state index contributed by atoms with van der Waals surface area (Å²) in [7, 11) is 0. The van der Waals surface area contributed by atoms with E-state index >= 15 is 0 Å². The first kappa shape index (κ1) is 18.2. The summed E-state index contributed by atoms with van der Waals surface area (Å²) >= 11 is 0. The predicted octanol–water partition coefficient (Wildman–Crippen LogP) is 3.15. The fraction of sp³-hybridized carbons (Fsp3) is 0.545. The molecule has 1 aromatic heterocycles. The first-order valence-corrected chi connectivity index (χ1v) is 10.0. The number of carbonyl (C=O) groups excluding carboxylic acids is 1. The third-order valence-corrected chi connectivity index (χ3v) is 5.63. The summed E-state index contributed by atoms with van der Waals surface area (Å²) in [5.41, 5.74) is 3.22. The Morgan fingerprint density at radius 3 is 2.93 bits per heavy atom. The molecule has 1 saturated heterocycles. The number of Topliss-reactive ketones (excluding diaryl/α,β-unsaturated/α-hetero) is 1. The van der Waals surface area contributed by atoms with Gasteiger partial charge in [0.25, 0.3) is 0 Å². The Morgan fingerprint density at radius 1 is 1.30 bits per heavy atom. The van der Waals surface area contributed by atoms with Crippen LogP contribution in [0, 0.1) is 18.8 Å². The maximum atomic E-state index is 11.3. The Labute approximate surface area is 160 Å². The van der Waals surface area contributed by atoms with Gasteiger partial charge in [-0.2, -0.15) is 5.10 Å². The second-order valence-corrected chi connectivity index (χ2v) is 7.58. The molecule has 1 saturated carbocycles. The molecule has 2 aliphatic rings. The van der Waals surface area contributed by atoms with Gasteiger partial charge >= 0.3 is 0 Å². The molecule has 4 rings (SSSR count). The monoisotopic (exact) mass is 365 g/mol. The molecule has 0 radical (unpaired) electrons. The van der Waals surface area contributed by atoms with Gasteiger partial charge < -0.3 is 10.1 Å². The van der Waals surface area contributed by atoms with Crippen LogP contribution >= 0.6 is 0 Å². The number of rotatable bonds is 3. The molecule has 1 N–H and O–H groups in total. The van der Waals surface area contributed by atoms with Crippen LogP contribution in [0.5, 0.6) is 0 Å². The summed E-state index contributed by atoms with van der Waals surface area (Å²) in [6.07, 6.45) is 5.48. The number of ketones is 1. The van der Waals surface area contributed by atoms with Crippen molar-refractivity contribution >= 4 is 16.7 Å². The number of hydrogen-bond acceptors (Lipinski definition) is 4. The van der Waals surface area contributed by atoms with Crippen LogP contribution in [-0.4, -0.2) is 41.4 Å². The van der Waals surface area contributed by atoms with E-state index in [1.54, 1.807) is 0 Å². The molecule has 1 atom stereocenters. The van der Waals surface area contributed by atoms with Gasteiger partial charge in [-0.3, -0.25) is 9.48 Å². The molecule has 1 aliphatic heterocycles. The minimum Gasteiger partial charge on any atom is -0.366 e. The predicted molar refractivity (Wildman–Crippen MR) is 106 cm³/mol. The fourth-order valence-electron chi connectivity index (χ4n) is 4.17. The first-order chi connectivity index (χ1) is 13.2. The van der Waals surface area contributed by atoms with Crippen molar-refractivity contribution in [3.8, 4) is 11.8 Å². The highest BCUT2D eigenvalue weighted by molar-refractivity contribution is 5.88. The number of piperidine rings is 1. The normalized spacial score (nSPS) is 21.2. The molecule has 1 unspecified atom stereocenters. The molecule has 1 aromatic carbocycles. The quantitative estimate of drug-likeness (QED) is 0.849. The standard InChI is InChI=1S/C22H27N3O2/c1-16-22-17(6-4-14-27-20-11-9-19(26)10-12-20)5-2-8-21(22)25(24-16)18-7-3-13-23-15-18/h2,5,8,18,20,23H,3,7,9-15H2,1H3. The fourth-order valence-corrected chi connectivity index (χ4v) is 4.17. The zero-order valence-corrected chi connectivity index (χ0v) is 16.0. The number of hydrogen-bond donors (Lipinski definition) is 1. The molecule has 142 valence electrons. The van der Waals surface area contributed by atoms with Crippen molar-refractivity contribution in [3.63, 3.8) is 0 Å². The van der Waals surface area contributed by atoms with E-state index in [4.69, 9.17) is 9.84 Å². The molecule has 2 heterocycles.